The zero-order chi connectivity index (χ0) is 10.8. The predicted octanol–water partition coefficient (Wildman–Crippen LogP) is 2.34. The molecule has 0 aliphatic heterocycles. The predicted molar refractivity (Wildman–Crippen MR) is 58.1 cm³/mol. The third-order valence-electron chi connectivity index (χ3n) is 2.94. The van der Waals surface area contributed by atoms with Gasteiger partial charge in [0.1, 0.15) is 5.78 Å². The minimum Gasteiger partial charge on any atom is -0.299 e. The van der Waals surface area contributed by atoms with Crippen LogP contribution in [0.25, 0.3) is 0 Å². The summed E-state index contributed by atoms with van der Waals surface area (Å²) in [5.74, 6) is 0.389. The summed E-state index contributed by atoms with van der Waals surface area (Å²) < 4.78 is 0. The molecule has 0 N–H and O–H groups in total. The maximum absolute atomic E-state index is 11.7. The molecule has 0 amide bonds. The van der Waals surface area contributed by atoms with Crippen LogP contribution in [0.15, 0.2) is 18.2 Å². The number of hydrogen-bond acceptors (Lipinski definition) is 2. The molecule has 1 aliphatic carbocycles. The fourth-order valence-corrected chi connectivity index (χ4v) is 2.09. The first kappa shape index (κ1) is 10.1. The largest absolute Gasteiger partial charge is 0.299 e. The first-order valence-electron chi connectivity index (χ1n) is 5.38. The van der Waals surface area contributed by atoms with Crippen molar-refractivity contribution in [3.63, 3.8) is 0 Å². The second kappa shape index (κ2) is 3.97. The van der Waals surface area contributed by atoms with Crippen molar-refractivity contribution in [3.05, 3.63) is 34.9 Å². The van der Waals surface area contributed by atoms with Crippen molar-refractivity contribution in [1.29, 1.82) is 0 Å². The number of rotatable bonds is 2. The second-order valence-electron chi connectivity index (χ2n) is 3.94. The van der Waals surface area contributed by atoms with E-state index in [9.17, 15) is 9.59 Å². The summed E-state index contributed by atoms with van der Waals surface area (Å²) in [6.07, 6.45) is 2.36. The number of carbonyl (C=O) groups is 2. The molecule has 0 spiro atoms. The van der Waals surface area contributed by atoms with Crippen LogP contribution in [0.4, 0.5) is 0 Å². The summed E-state index contributed by atoms with van der Waals surface area (Å²) in [6, 6.07) is 5.77. The summed E-state index contributed by atoms with van der Waals surface area (Å²) in [6.45, 7) is 1.85. The zero-order valence-electron chi connectivity index (χ0n) is 8.88. The highest BCUT2D eigenvalue weighted by Crippen LogP contribution is 2.23. The van der Waals surface area contributed by atoms with E-state index in [0.717, 1.165) is 17.5 Å². The maximum atomic E-state index is 11.7. The van der Waals surface area contributed by atoms with Crippen LogP contribution in [-0.4, -0.2) is 11.6 Å². The number of benzene rings is 1. The number of carbonyl (C=O) groups excluding carboxylic acids is 2. The maximum Gasteiger partial charge on any atom is 0.162 e. The summed E-state index contributed by atoms with van der Waals surface area (Å²) in [7, 11) is 0. The van der Waals surface area contributed by atoms with E-state index in [2.05, 4.69) is 0 Å². The molecule has 0 unspecified atom stereocenters. The minimum atomic E-state index is 0.140. The van der Waals surface area contributed by atoms with Crippen molar-refractivity contribution in [2.75, 3.05) is 0 Å². The van der Waals surface area contributed by atoms with Gasteiger partial charge in [0.15, 0.2) is 5.78 Å². The van der Waals surface area contributed by atoms with Gasteiger partial charge in [-0.15, -0.1) is 0 Å². The van der Waals surface area contributed by atoms with Gasteiger partial charge in [-0.25, -0.2) is 0 Å². The molecule has 0 heterocycles. The molecule has 15 heavy (non-hydrogen) atoms. The topological polar surface area (TPSA) is 34.1 Å². The van der Waals surface area contributed by atoms with Gasteiger partial charge in [-0.3, -0.25) is 9.59 Å². The third-order valence-corrected chi connectivity index (χ3v) is 2.94. The number of aryl methyl sites for hydroxylation is 1. The lowest BCUT2D eigenvalue weighted by molar-refractivity contribution is -0.118. The highest BCUT2D eigenvalue weighted by molar-refractivity contribution is 5.99. The van der Waals surface area contributed by atoms with Gasteiger partial charge in [-0.2, -0.15) is 0 Å². The average molecular weight is 202 g/mol. The Morgan fingerprint density at radius 2 is 2.13 bits per heavy atom. The molecule has 1 aromatic carbocycles. The molecule has 1 aromatic rings. The molecule has 78 valence electrons. The first-order valence-corrected chi connectivity index (χ1v) is 5.38. The van der Waals surface area contributed by atoms with E-state index in [1.807, 2.05) is 25.1 Å². The van der Waals surface area contributed by atoms with Crippen LogP contribution in [0, 0.1) is 0 Å². The van der Waals surface area contributed by atoms with Crippen LogP contribution in [-0.2, 0) is 17.6 Å². The quantitative estimate of drug-likeness (QED) is 0.690. The zero-order valence-corrected chi connectivity index (χ0v) is 8.88. The van der Waals surface area contributed by atoms with Gasteiger partial charge in [-0.05, 0) is 17.5 Å². The van der Waals surface area contributed by atoms with Crippen molar-refractivity contribution in [1.82, 2.24) is 0 Å². The van der Waals surface area contributed by atoms with Gasteiger partial charge < -0.3 is 0 Å². The molecule has 2 nitrogen and oxygen atoms in total. The molecule has 0 bridgehead atoms. The van der Waals surface area contributed by atoms with E-state index in [-0.39, 0.29) is 11.6 Å². The van der Waals surface area contributed by atoms with Gasteiger partial charge in [0.2, 0.25) is 0 Å². The Kier molecular flexibility index (Phi) is 2.67. The summed E-state index contributed by atoms with van der Waals surface area (Å²) >= 11 is 0. The average Bonchev–Trinajstić information content (AvgIpc) is 2.27. The molecule has 0 atom stereocenters. The fourth-order valence-electron chi connectivity index (χ4n) is 2.09. The van der Waals surface area contributed by atoms with Crippen LogP contribution >= 0.6 is 0 Å². The minimum absolute atomic E-state index is 0.140. The van der Waals surface area contributed by atoms with E-state index in [1.165, 1.54) is 5.56 Å². The number of fused-ring (bicyclic) bond motifs is 1. The van der Waals surface area contributed by atoms with E-state index in [1.54, 1.807) is 0 Å². The molecular formula is C13H14O2. The summed E-state index contributed by atoms with van der Waals surface area (Å²) in [5, 5.41) is 0. The van der Waals surface area contributed by atoms with E-state index < -0.39 is 0 Å². The fraction of sp³-hybridized carbons (Fsp3) is 0.385. The van der Waals surface area contributed by atoms with Gasteiger partial charge >= 0.3 is 0 Å². The highest BCUT2D eigenvalue weighted by atomic mass is 16.1. The molecule has 0 aromatic heterocycles. The first-order chi connectivity index (χ1) is 7.22. The van der Waals surface area contributed by atoms with Crippen LogP contribution in [0.3, 0.4) is 0 Å². The van der Waals surface area contributed by atoms with E-state index in [0.29, 0.717) is 19.3 Å². The Labute approximate surface area is 89.3 Å². The lowest BCUT2D eigenvalue weighted by Crippen LogP contribution is -2.17. The summed E-state index contributed by atoms with van der Waals surface area (Å²) in [5.41, 5.74) is 2.90. The Morgan fingerprint density at radius 3 is 2.87 bits per heavy atom. The highest BCUT2D eigenvalue weighted by Gasteiger charge is 2.20. The molecule has 1 aliphatic rings. The third kappa shape index (κ3) is 1.84. The van der Waals surface area contributed by atoms with Crippen molar-refractivity contribution < 1.29 is 9.59 Å². The standard InChI is InChI=1S/C13H14O2/c1-2-13(15)11-5-3-4-9-6-7-10(14)8-12(9)11/h3-5H,2,6-8H2,1H3. The van der Waals surface area contributed by atoms with Crippen LogP contribution in [0.1, 0.15) is 41.3 Å². The molecule has 0 saturated heterocycles. The molecule has 2 heteroatoms. The summed E-state index contributed by atoms with van der Waals surface area (Å²) in [4.78, 5) is 23.1. The Bertz CT molecular complexity index is 419. The van der Waals surface area contributed by atoms with Crippen LogP contribution < -0.4 is 0 Å². The SMILES string of the molecule is CCC(=O)c1cccc2c1CC(=O)CC2. The molecule has 2 rings (SSSR count). The monoisotopic (exact) mass is 202 g/mol. The smallest absolute Gasteiger partial charge is 0.162 e. The van der Waals surface area contributed by atoms with Gasteiger partial charge in [0.05, 0.1) is 0 Å². The van der Waals surface area contributed by atoms with Gasteiger partial charge in [0.25, 0.3) is 0 Å². The van der Waals surface area contributed by atoms with Crippen molar-refractivity contribution in [2.24, 2.45) is 0 Å². The van der Waals surface area contributed by atoms with E-state index >= 15 is 0 Å². The van der Waals surface area contributed by atoms with Gasteiger partial charge in [0, 0.05) is 24.8 Å². The van der Waals surface area contributed by atoms with Crippen molar-refractivity contribution in [2.45, 2.75) is 32.6 Å². The molecule has 0 saturated carbocycles. The second-order valence-corrected chi connectivity index (χ2v) is 3.94. The molecule has 0 radical (unpaired) electrons. The molecular weight excluding hydrogens is 188 g/mol. The molecule has 0 fully saturated rings. The number of Topliss-reactive ketones (excluding diaryl/α,β-unsaturated/α-hetero) is 2. The Morgan fingerprint density at radius 1 is 1.33 bits per heavy atom. The van der Waals surface area contributed by atoms with Crippen LogP contribution in [0.5, 0.6) is 0 Å². The van der Waals surface area contributed by atoms with Crippen molar-refractivity contribution in [3.8, 4) is 0 Å². The van der Waals surface area contributed by atoms with Crippen molar-refractivity contribution >= 4 is 11.6 Å². The van der Waals surface area contributed by atoms with E-state index in [4.69, 9.17) is 0 Å². The number of hydrogen-bond donors (Lipinski definition) is 0. The lowest BCUT2D eigenvalue weighted by Gasteiger charge is -2.17. The lowest BCUT2D eigenvalue weighted by atomic mass is 9.86. The Balaban J connectivity index is 2.48. The Hall–Kier alpha value is -1.44. The number of ketones is 2. The van der Waals surface area contributed by atoms with Crippen LogP contribution in [0.2, 0.25) is 0 Å². The van der Waals surface area contributed by atoms with Gasteiger partial charge in [-0.1, -0.05) is 25.1 Å². The normalized spacial score (nSPS) is 14.9.